The van der Waals surface area contributed by atoms with Crippen LogP contribution in [0.25, 0.3) is 0 Å². The van der Waals surface area contributed by atoms with Crippen LogP contribution < -0.4 is 10.1 Å². The fourth-order valence-electron chi connectivity index (χ4n) is 1.75. The van der Waals surface area contributed by atoms with E-state index in [0.717, 1.165) is 6.26 Å². The van der Waals surface area contributed by atoms with Gasteiger partial charge in [0.05, 0.1) is 11.0 Å². The minimum Gasteiger partial charge on any atom is -0.491 e. The molecule has 0 spiro atoms. The molecule has 0 saturated carbocycles. The third-order valence-corrected chi connectivity index (χ3v) is 3.76. The molecule has 0 aromatic heterocycles. The second-order valence-corrected chi connectivity index (χ2v) is 7.29. The first kappa shape index (κ1) is 16.5. The quantitative estimate of drug-likeness (QED) is 0.865. The van der Waals surface area contributed by atoms with Crippen LogP contribution in [-0.4, -0.2) is 32.9 Å². The van der Waals surface area contributed by atoms with Crippen LogP contribution in [0.1, 0.15) is 20.8 Å². The van der Waals surface area contributed by atoms with E-state index in [1.807, 2.05) is 13.8 Å². The monoisotopic (exact) mass is 296 g/mol. The van der Waals surface area contributed by atoms with Crippen LogP contribution in [0.4, 0.5) is 0 Å². The lowest BCUT2D eigenvalue weighted by molar-refractivity contribution is 0.225. The van der Waals surface area contributed by atoms with Gasteiger partial charge in [0, 0.05) is 12.3 Å². The number of benzene rings is 1. The molecule has 5 nitrogen and oxygen atoms in total. The van der Waals surface area contributed by atoms with Crippen LogP contribution >= 0.6 is 0 Å². The average molecular weight is 296 g/mol. The van der Waals surface area contributed by atoms with Gasteiger partial charge in [0.15, 0.2) is 9.84 Å². The smallest absolute Gasteiger partial charge is 0.175 e. The highest BCUT2D eigenvalue weighted by Gasteiger charge is 2.25. The molecule has 20 heavy (non-hydrogen) atoms. The lowest BCUT2D eigenvalue weighted by Crippen LogP contribution is -2.49. The molecule has 0 bridgehead atoms. The van der Waals surface area contributed by atoms with E-state index in [0.29, 0.717) is 5.75 Å². The van der Waals surface area contributed by atoms with Gasteiger partial charge in [0.1, 0.15) is 17.9 Å². The van der Waals surface area contributed by atoms with Crippen molar-refractivity contribution in [2.75, 3.05) is 12.9 Å². The molecule has 0 aliphatic rings. The Balaban J connectivity index is 2.73. The zero-order chi connectivity index (χ0) is 15.4. The van der Waals surface area contributed by atoms with E-state index in [9.17, 15) is 13.7 Å². The summed E-state index contributed by atoms with van der Waals surface area (Å²) in [5.74, 6) is 0.532. The van der Waals surface area contributed by atoms with Crippen molar-refractivity contribution < 1.29 is 13.2 Å². The van der Waals surface area contributed by atoms with Gasteiger partial charge in [-0.2, -0.15) is 5.26 Å². The van der Waals surface area contributed by atoms with Gasteiger partial charge in [-0.25, -0.2) is 8.42 Å². The fraction of sp³-hybridized carbons (Fsp3) is 0.500. The average Bonchev–Trinajstić information content (AvgIpc) is 2.35. The topological polar surface area (TPSA) is 79.2 Å². The number of hydrogen-bond acceptors (Lipinski definition) is 5. The summed E-state index contributed by atoms with van der Waals surface area (Å²) in [7, 11) is -3.20. The van der Waals surface area contributed by atoms with Gasteiger partial charge in [0.25, 0.3) is 0 Å². The Kier molecular flexibility index (Phi) is 5.15. The van der Waals surface area contributed by atoms with Gasteiger partial charge in [0.2, 0.25) is 0 Å². The lowest BCUT2D eigenvalue weighted by Gasteiger charge is -2.25. The number of nitrogens with zero attached hydrogens (tertiary/aromatic N) is 1. The molecular formula is C14H20N2O3S. The maximum absolute atomic E-state index is 11.3. The van der Waals surface area contributed by atoms with Crippen LogP contribution in [0, 0.1) is 11.3 Å². The Bertz CT molecular complexity index is 588. The number of nitriles is 1. The predicted octanol–water partition coefficient (Wildman–Crippen LogP) is 1.75. The molecule has 6 heteroatoms. The molecule has 0 amide bonds. The van der Waals surface area contributed by atoms with Crippen LogP contribution in [0.15, 0.2) is 29.2 Å². The molecule has 110 valence electrons. The minimum atomic E-state index is -3.20. The molecule has 1 atom stereocenters. The highest BCUT2D eigenvalue weighted by molar-refractivity contribution is 7.90. The number of nitrogens with one attached hydrogen (secondary N) is 1. The van der Waals surface area contributed by atoms with Gasteiger partial charge >= 0.3 is 0 Å². The van der Waals surface area contributed by atoms with Crippen molar-refractivity contribution in [1.82, 2.24) is 5.32 Å². The molecule has 0 aliphatic heterocycles. The zero-order valence-corrected chi connectivity index (χ0v) is 13.0. The molecule has 0 fully saturated rings. The molecule has 1 rings (SSSR count). The van der Waals surface area contributed by atoms with E-state index in [-0.39, 0.29) is 17.5 Å². The van der Waals surface area contributed by atoms with Crippen LogP contribution in [0.2, 0.25) is 0 Å². The maximum atomic E-state index is 11.3. The summed E-state index contributed by atoms with van der Waals surface area (Å²) in [5, 5.41) is 12.3. The summed E-state index contributed by atoms with van der Waals surface area (Å²) in [4.78, 5) is 0.244. The minimum absolute atomic E-state index is 0.163. The molecule has 0 aliphatic carbocycles. The molecule has 1 unspecified atom stereocenters. The molecular weight excluding hydrogens is 276 g/mol. The highest BCUT2D eigenvalue weighted by atomic mass is 32.2. The standard InChI is InChI=1S/C14H20N2O3S/c1-11(2)16-14(3,9-15)10-19-12-5-7-13(8-6-12)20(4,17)18/h5-8,11,16H,10H2,1-4H3. The Labute approximate surface area is 120 Å². The van der Waals surface area contributed by atoms with Crippen molar-refractivity contribution in [2.45, 2.75) is 37.2 Å². The summed E-state index contributed by atoms with van der Waals surface area (Å²) in [5.41, 5.74) is -0.788. The van der Waals surface area contributed by atoms with Gasteiger partial charge in [-0.3, -0.25) is 5.32 Å². The summed E-state index contributed by atoms with van der Waals surface area (Å²) in [6.45, 7) is 5.85. The fourth-order valence-corrected chi connectivity index (χ4v) is 2.38. The van der Waals surface area contributed by atoms with Crippen LogP contribution in [0.3, 0.4) is 0 Å². The first-order valence-corrected chi connectivity index (χ1v) is 8.17. The second-order valence-electron chi connectivity index (χ2n) is 5.28. The molecule has 0 heterocycles. The highest BCUT2D eigenvalue weighted by Crippen LogP contribution is 2.17. The summed E-state index contributed by atoms with van der Waals surface area (Å²) in [6, 6.07) is 8.50. The first-order chi connectivity index (χ1) is 9.16. The van der Waals surface area contributed by atoms with Gasteiger partial charge < -0.3 is 4.74 Å². The van der Waals surface area contributed by atoms with E-state index in [4.69, 9.17) is 4.74 Å². The van der Waals surface area contributed by atoms with E-state index < -0.39 is 15.4 Å². The summed E-state index contributed by atoms with van der Waals surface area (Å²) < 4.78 is 28.2. The molecule has 1 aromatic rings. The van der Waals surface area contributed by atoms with Gasteiger partial charge in [-0.05, 0) is 45.0 Å². The van der Waals surface area contributed by atoms with Crippen molar-refractivity contribution in [3.05, 3.63) is 24.3 Å². The zero-order valence-electron chi connectivity index (χ0n) is 12.2. The van der Waals surface area contributed by atoms with Crippen molar-refractivity contribution >= 4 is 9.84 Å². The number of hydrogen-bond donors (Lipinski definition) is 1. The van der Waals surface area contributed by atoms with Crippen molar-refractivity contribution in [3.63, 3.8) is 0 Å². The molecule has 1 N–H and O–H groups in total. The van der Waals surface area contributed by atoms with Gasteiger partial charge in [-0.1, -0.05) is 0 Å². The van der Waals surface area contributed by atoms with Crippen LogP contribution in [0.5, 0.6) is 5.75 Å². The molecule has 0 saturated heterocycles. The molecule has 1 aromatic carbocycles. The number of ether oxygens (including phenoxy) is 1. The summed E-state index contributed by atoms with van der Waals surface area (Å²) >= 11 is 0. The lowest BCUT2D eigenvalue weighted by atomic mass is 10.1. The van der Waals surface area contributed by atoms with E-state index in [1.54, 1.807) is 19.1 Å². The third kappa shape index (κ3) is 4.83. The number of sulfone groups is 1. The SMILES string of the molecule is CC(C)NC(C)(C#N)COc1ccc(S(C)(=O)=O)cc1. The predicted molar refractivity (Wildman–Crippen MR) is 77.3 cm³/mol. The van der Waals surface area contributed by atoms with Crippen molar-refractivity contribution in [3.8, 4) is 11.8 Å². The first-order valence-electron chi connectivity index (χ1n) is 6.28. The summed E-state index contributed by atoms with van der Waals surface area (Å²) in [6.07, 6.45) is 1.15. The number of rotatable bonds is 6. The molecule has 0 radical (unpaired) electrons. The third-order valence-electron chi connectivity index (χ3n) is 2.63. The maximum Gasteiger partial charge on any atom is 0.175 e. The Hall–Kier alpha value is -1.58. The Morgan fingerprint density at radius 1 is 1.35 bits per heavy atom. The second kappa shape index (κ2) is 6.25. The van der Waals surface area contributed by atoms with Gasteiger partial charge in [-0.15, -0.1) is 0 Å². The normalized spacial score (nSPS) is 14.6. The van der Waals surface area contributed by atoms with Crippen LogP contribution in [-0.2, 0) is 9.84 Å². The van der Waals surface area contributed by atoms with Crippen molar-refractivity contribution in [2.24, 2.45) is 0 Å². The van der Waals surface area contributed by atoms with E-state index in [1.165, 1.54) is 12.1 Å². The largest absolute Gasteiger partial charge is 0.491 e. The van der Waals surface area contributed by atoms with E-state index >= 15 is 0 Å². The van der Waals surface area contributed by atoms with Crippen molar-refractivity contribution in [1.29, 1.82) is 5.26 Å². The van der Waals surface area contributed by atoms with E-state index in [2.05, 4.69) is 11.4 Å². The Morgan fingerprint density at radius 3 is 2.30 bits per heavy atom. The Morgan fingerprint density at radius 2 is 1.90 bits per heavy atom.